The Bertz CT molecular complexity index is 969. The summed E-state index contributed by atoms with van der Waals surface area (Å²) in [5, 5.41) is 0. The van der Waals surface area contributed by atoms with Crippen LogP contribution in [-0.2, 0) is 10.0 Å². The molecule has 0 saturated carbocycles. The van der Waals surface area contributed by atoms with Crippen molar-refractivity contribution >= 4 is 34.0 Å². The Balaban J connectivity index is 0.00000280. The van der Waals surface area contributed by atoms with E-state index in [4.69, 9.17) is 5.73 Å². The van der Waals surface area contributed by atoms with E-state index in [0.29, 0.717) is 30.8 Å². The molecule has 1 saturated heterocycles. The Labute approximate surface area is 170 Å². The van der Waals surface area contributed by atoms with Gasteiger partial charge in [0.1, 0.15) is 5.82 Å². The van der Waals surface area contributed by atoms with Crippen LogP contribution in [0.15, 0.2) is 47.4 Å². The van der Waals surface area contributed by atoms with Gasteiger partial charge < -0.3 is 10.6 Å². The van der Waals surface area contributed by atoms with E-state index in [-0.39, 0.29) is 34.8 Å². The molecular weight excluding hydrogens is 405 g/mol. The van der Waals surface area contributed by atoms with E-state index in [0.717, 1.165) is 6.42 Å². The normalized spacial score (nSPS) is 16.5. The molecule has 2 aromatic rings. The average molecular weight is 428 g/mol. The highest BCUT2D eigenvalue weighted by molar-refractivity contribution is 7.92. The van der Waals surface area contributed by atoms with Crippen LogP contribution in [0.4, 0.5) is 10.1 Å². The summed E-state index contributed by atoms with van der Waals surface area (Å²) in [4.78, 5) is 14.4. The summed E-state index contributed by atoms with van der Waals surface area (Å²) in [6, 6.07) is 9.85. The largest absolute Gasteiger partial charge is 0.338 e. The number of benzene rings is 2. The number of carbonyl (C=O) groups excluding carboxylic acids is 1. The van der Waals surface area contributed by atoms with Gasteiger partial charge in [-0.3, -0.25) is 9.52 Å². The van der Waals surface area contributed by atoms with Gasteiger partial charge in [0.05, 0.1) is 10.6 Å². The smallest absolute Gasteiger partial charge is 0.262 e. The van der Waals surface area contributed by atoms with Gasteiger partial charge in [-0.2, -0.15) is 0 Å². The lowest BCUT2D eigenvalue weighted by Gasteiger charge is -2.18. The molecule has 6 nitrogen and oxygen atoms in total. The first-order valence-electron chi connectivity index (χ1n) is 8.69. The molecule has 3 N–H and O–H groups in total. The second kappa shape index (κ2) is 8.89. The third kappa shape index (κ3) is 4.63. The van der Waals surface area contributed by atoms with Crippen LogP contribution in [0.1, 0.15) is 22.3 Å². The molecule has 1 amide bonds. The van der Waals surface area contributed by atoms with Crippen LogP contribution in [0, 0.1) is 18.7 Å². The quantitative estimate of drug-likeness (QED) is 0.767. The molecule has 2 aromatic carbocycles. The lowest BCUT2D eigenvalue weighted by Crippen LogP contribution is -2.30. The van der Waals surface area contributed by atoms with Crippen molar-refractivity contribution in [1.29, 1.82) is 0 Å². The van der Waals surface area contributed by atoms with Crippen molar-refractivity contribution in [2.24, 2.45) is 11.7 Å². The van der Waals surface area contributed by atoms with Gasteiger partial charge in [0.15, 0.2) is 0 Å². The van der Waals surface area contributed by atoms with Crippen molar-refractivity contribution in [2.45, 2.75) is 18.2 Å². The van der Waals surface area contributed by atoms with E-state index in [1.54, 1.807) is 17.9 Å². The van der Waals surface area contributed by atoms with Crippen LogP contribution in [0.25, 0.3) is 0 Å². The number of aryl methyl sites for hydroxylation is 1. The van der Waals surface area contributed by atoms with Crippen molar-refractivity contribution in [2.75, 3.05) is 24.4 Å². The van der Waals surface area contributed by atoms with E-state index in [1.165, 1.54) is 36.4 Å². The monoisotopic (exact) mass is 427 g/mol. The number of halogens is 2. The van der Waals surface area contributed by atoms with E-state index in [9.17, 15) is 17.6 Å². The Morgan fingerprint density at radius 3 is 2.64 bits per heavy atom. The summed E-state index contributed by atoms with van der Waals surface area (Å²) in [6.45, 7) is 3.44. The number of carbonyl (C=O) groups is 1. The van der Waals surface area contributed by atoms with Crippen molar-refractivity contribution in [1.82, 2.24) is 4.90 Å². The number of nitrogens with zero attached hydrogens (tertiary/aromatic N) is 1. The van der Waals surface area contributed by atoms with Crippen LogP contribution in [0.5, 0.6) is 0 Å². The van der Waals surface area contributed by atoms with Gasteiger partial charge >= 0.3 is 0 Å². The zero-order valence-corrected chi connectivity index (χ0v) is 17.0. The molecule has 0 aliphatic carbocycles. The lowest BCUT2D eigenvalue weighted by molar-refractivity contribution is 0.0786. The highest BCUT2D eigenvalue weighted by atomic mass is 35.5. The zero-order valence-electron chi connectivity index (χ0n) is 15.4. The maximum atomic E-state index is 13.8. The second-order valence-electron chi connectivity index (χ2n) is 6.70. The third-order valence-electron chi connectivity index (χ3n) is 4.77. The molecule has 0 bridgehead atoms. The number of anilines is 1. The maximum absolute atomic E-state index is 13.8. The number of hydrogen-bond acceptors (Lipinski definition) is 4. The summed E-state index contributed by atoms with van der Waals surface area (Å²) in [5.74, 6) is -0.621. The molecule has 152 valence electrons. The maximum Gasteiger partial charge on any atom is 0.262 e. The predicted molar refractivity (Wildman–Crippen MR) is 109 cm³/mol. The van der Waals surface area contributed by atoms with Crippen molar-refractivity contribution in [3.8, 4) is 0 Å². The summed E-state index contributed by atoms with van der Waals surface area (Å²) in [5.41, 5.74) is 6.54. The zero-order chi connectivity index (χ0) is 19.6. The van der Waals surface area contributed by atoms with Crippen LogP contribution in [-0.4, -0.2) is 38.9 Å². The van der Waals surface area contributed by atoms with E-state index < -0.39 is 15.8 Å². The number of likely N-dealkylation sites (tertiary alicyclic amines) is 1. The van der Waals surface area contributed by atoms with Crippen molar-refractivity contribution in [3.63, 3.8) is 0 Å². The summed E-state index contributed by atoms with van der Waals surface area (Å²) >= 11 is 0. The lowest BCUT2D eigenvalue weighted by atomic mass is 10.1. The molecule has 0 aromatic heterocycles. The first kappa shape index (κ1) is 22.1. The van der Waals surface area contributed by atoms with E-state index in [1.807, 2.05) is 0 Å². The Hall–Kier alpha value is -2.16. The number of hydrogen-bond donors (Lipinski definition) is 2. The fraction of sp³-hybridized carbons (Fsp3) is 0.316. The van der Waals surface area contributed by atoms with Crippen LogP contribution in [0.3, 0.4) is 0 Å². The fourth-order valence-corrected chi connectivity index (χ4v) is 4.22. The molecular formula is C19H23ClFN3O3S. The topological polar surface area (TPSA) is 92.5 Å². The SMILES string of the molecule is Cc1ccc(S(=O)(=O)Nc2ccccc2F)cc1C(=O)N1CCC(CN)C1.Cl. The number of para-hydroxylation sites is 1. The Kier molecular flexibility index (Phi) is 7.03. The molecule has 1 aliphatic heterocycles. The molecule has 1 atom stereocenters. The van der Waals surface area contributed by atoms with Gasteiger partial charge in [0, 0.05) is 18.7 Å². The highest BCUT2D eigenvalue weighted by Crippen LogP contribution is 2.24. The number of sulfonamides is 1. The van der Waals surface area contributed by atoms with Gasteiger partial charge in [-0.25, -0.2) is 12.8 Å². The summed E-state index contributed by atoms with van der Waals surface area (Å²) < 4.78 is 41.3. The number of rotatable bonds is 5. The number of nitrogens with one attached hydrogen (secondary N) is 1. The molecule has 1 fully saturated rings. The molecule has 3 rings (SSSR count). The standard InChI is InChI=1S/C19H22FN3O3S.ClH/c1-13-6-7-15(27(25,26)22-18-5-3-2-4-17(18)20)10-16(13)19(24)23-9-8-14(11-21)12-23;/h2-7,10,14,22H,8-9,11-12,21H2,1H3;1H. The highest BCUT2D eigenvalue weighted by Gasteiger charge is 2.28. The first-order chi connectivity index (χ1) is 12.8. The van der Waals surface area contributed by atoms with E-state index >= 15 is 0 Å². The van der Waals surface area contributed by atoms with Gasteiger partial charge in [-0.15, -0.1) is 12.4 Å². The minimum absolute atomic E-state index is 0. The summed E-state index contributed by atoms with van der Waals surface area (Å²) in [7, 11) is -4.03. The molecule has 1 unspecified atom stereocenters. The number of amides is 1. The fourth-order valence-electron chi connectivity index (χ4n) is 3.13. The van der Waals surface area contributed by atoms with Crippen LogP contribution in [0.2, 0.25) is 0 Å². The molecule has 0 radical (unpaired) electrons. The second-order valence-corrected chi connectivity index (χ2v) is 8.39. The molecule has 1 aliphatic rings. The van der Waals surface area contributed by atoms with Gasteiger partial charge in [0.25, 0.3) is 15.9 Å². The third-order valence-corrected chi connectivity index (χ3v) is 6.14. The van der Waals surface area contributed by atoms with Gasteiger partial charge in [-0.1, -0.05) is 18.2 Å². The first-order valence-corrected chi connectivity index (χ1v) is 10.2. The average Bonchev–Trinajstić information content (AvgIpc) is 3.12. The predicted octanol–water partition coefficient (Wildman–Crippen LogP) is 2.78. The van der Waals surface area contributed by atoms with Crippen molar-refractivity contribution < 1.29 is 17.6 Å². The van der Waals surface area contributed by atoms with Gasteiger partial charge in [-0.05, 0) is 55.6 Å². The number of nitrogens with two attached hydrogens (primary N) is 1. The summed E-state index contributed by atoms with van der Waals surface area (Å²) in [6.07, 6.45) is 0.841. The molecule has 9 heteroatoms. The molecule has 28 heavy (non-hydrogen) atoms. The minimum Gasteiger partial charge on any atom is -0.338 e. The molecule has 1 heterocycles. The minimum atomic E-state index is -4.03. The van der Waals surface area contributed by atoms with Gasteiger partial charge in [0.2, 0.25) is 0 Å². The Morgan fingerprint density at radius 1 is 1.29 bits per heavy atom. The van der Waals surface area contributed by atoms with E-state index in [2.05, 4.69) is 4.72 Å². The van der Waals surface area contributed by atoms with Crippen LogP contribution < -0.4 is 10.5 Å². The Morgan fingerprint density at radius 2 is 2.00 bits per heavy atom. The van der Waals surface area contributed by atoms with Crippen LogP contribution >= 0.6 is 12.4 Å². The molecule has 0 spiro atoms. The van der Waals surface area contributed by atoms with Crippen molar-refractivity contribution in [3.05, 3.63) is 59.4 Å².